The molecule has 108 valence electrons. The lowest BCUT2D eigenvalue weighted by Crippen LogP contribution is -2.34. The Morgan fingerprint density at radius 1 is 1.50 bits per heavy atom. The van der Waals surface area contributed by atoms with E-state index >= 15 is 0 Å². The molecule has 1 amide bonds. The molecule has 2 fully saturated rings. The minimum atomic E-state index is 0.0168. The van der Waals surface area contributed by atoms with Crippen LogP contribution in [0.5, 0.6) is 0 Å². The van der Waals surface area contributed by atoms with E-state index in [0.29, 0.717) is 17.2 Å². The van der Waals surface area contributed by atoms with Crippen LogP contribution in [-0.2, 0) is 0 Å². The molecule has 2 aliphatic carbocycles. The lowest BCUT2D eigenvalue weighted by atomic mass is 9.88. The van der Waals surface area contributed by atoms with E-state index in [1.807, 2.05) is 11.9 Å². The summed E-state index contributed by atoms with van der Waals surface area (Å²) in [5, 5.41) is 0. The fraction of sp³-hybridized carbons (Fsp3) is 0.600. The number of pyridine rings is 1. The molecule has 0 radical (unpaired) electrons. The van der Waals surface area contributed by atoms with Crippen LogP contribution in [-0.4, -0.2) is 29.4 Å². The summed E-state index contributed by atoms with van der Waals surface area (Å²) in [6, 6.07) is 1.72. The molecule has 5 heteroatoms. The Kier molecular flexibility index (Phi) is 3.61. The second-order valence-corrected chi connectivity index (χ2v) is 6.19. The van der Waals surface area contributed by atoms with Gasteiger partial charge < -0.3 is 10.3 Å². The number of hydrazine groups is 1. The molecule has 3 rings (SSSR count). The van der Waals surface area contributed by atoms with E-state index in [9.17, 15) is 4.79 Å². The van der Waals surface area contributed by atoms with Crippen molar-refractivity contribution in [1.82, 2.24) is 9.88 Å². The zero-order valence-electron chi connectivity index (χ0n) is 11.9. The molecule has 0 aromatic carbocycles. The van der Waals surface area contributed by atoms with Gasteiger partial charge in [-0.3, -0.25) is 15.6 Å². The Morgan fingerprint density at radius 3 is 3.00 bits per heavy atom. The molecule has 3 N–H and O–H groups in total. The van der Waals surface area contributed by atoms with Gasteiger partial charge in [-0.1, -0.05) is 6.42 Å². The van der Waals surface area contributed by atoms with E-state index in [-0.39, 0.29) is 5.91 Å². The highest BCUT2D eigenvalue weighted by Gasteiger charge is 2.40. The number of nitrogens with zero attached hydrogens (tertiary/aromatic N) is 2. The number of amides is 1. The zero-order chi connectivity index (χ0) is 14.1. The number of carbonyl (C=O) groups excluding carboxylic acids is 1. The quantitative estimate of drug-likeness (QED) is 0.649. The van der Waals surface area contributed by atoms with Gasteiger partial charge in [-0.2, -0.15) is 0 Å². The van der Waals surface area contributed by atoms with Gasteiger partial charge in [0.25, 0.3) is 5.91 Å². The summed E-state index contributed by atoms with van der Waals surface area (Å²) in [5.41, 5.74) is 3.71. The van der Waals surface area contributed by atoms with Gasteiger partial charge in [0.05, 0.1) is 17.4 Å². The first-order valence-corrected chi connectivity index (χ1v) is 7.35. The van der Waals surface area contributed by atoms with Crippen molar-refractivity contribution >= 4 is 11.6 Å². The second-order valence-electron chi connectivity index (χ2n) is 6.19. The summed E-state index contributed by atoms with van der Waals surface area (Å²) in [6.07, 6.45) is 8.61. The maximum absolute atomic E-state index is 12.5. The fourth-order valence-corrected chi connectivity index (χ4v) is 3.94. The Morgan fingerprint density at radius 2 is 2.35 bits per heavy atom. The van der Waals surface area contributed by atoms with Crippen molar-refractivity contribution in [2.75, 3.05) is 19.0 Å². The predicted octanol–water partition coefficient (Wildman–Crippen LogP) is 1.88. The van der Waals surface area contributed by atoms with Crippen LogP contribution in [0.2, 0.25) is 0 Å². The van der Waals surface area contributed by atoms with Crippen molar-refractivity contribution in [3.63, 3.8) is 0 Å². The third kappa shape index (κ3) is 2.38. The van der Waals surface area contributed by atoms with Crippen molar-refractivity contribution in [3.05, 3.63) is 24.0 Å². The number of carbonyl (C=O) groups is 1. The lowest BCUT2D eigenvalue weighted by Gasteiger charge is -2.27. The molecular weight excluding hydrogens is 252 g/mol. The Hall–Kier alpha value is -1.62. The molecule has 0 aliphatic heterocycles. The number of hydrogen-bond donors (Lipinski definition) is 2. The number of aromatic nitrogens is 1. The average Bonchev–Trinajstić information content (AvgIpc) is 3.09. The Bertz CT molecular complexity index is 504. The maximum atomic E-state index is 12.5. The zero-order valence-corrected chi connectivity index (χ0v) is 11.9. The predicted molar refractivity (Wildman–Crippen MR) is 77.9 cm³/mol. The average molecular weight is 274 g/mol. The highest BCUT2D eigenvalue weighted by atomic mass is 16.2. The van der Waals surface area contributed by atoms with Gasteiger partial charge in [-0.15, -0.1) is 0 Å². The Labute approximate surface area is 119 Å². The molecule has 0 spiro atoms. The number of hydrogen-bond acceptors (Lipinski definition) is 4. The number of rotatable bonds is 4. The SMILES string of the molecule is CN(CC1CC2CCC1C2)C(=O)c1ccncc1NN. The van der Waals surface area contributed by atoms with E-state index in [4.69, 9.17) is 5.84 Å². The first-order valence-electron chi connectivity index (χ1n) is 7.35. The van der Waals surface area contributed by atoms with Gasteiger partial charge >= 0.3 is 0 Å². The van der Waals surface area contributed by atoms with Crippen LogP contribution in [0.15, 0.2) is 18.5 Å². The van der Waals surface area contributed by atoms with Gasteiger partial charge in [-0.25, -0.2) is 0 Å². The first-order chi connectivity index (χ1) is 9.69. The first kappa shape index (κ1) is 13.4. The molecule has 2 bridgehead atoms. The largest absolute Gasteiger partial charge is 0.341 e. The number of nitrogen functional groups attached to an aromatic ring is 1. The summed E-state index contributed by atoms with van der Waals surface area (Å²) in [7, 11) is 1.88. The van der Waals surface area contributed by atoms with Crippen LogP contribution in [0.25, 0.3) is 0 Å². The molecule has 1 aromatic rings. The molecular formula is C15H22N4O. The van der Waals surface area contributed by atoms with Gasteiger partial charge in [-0.05, 0) is 43.1 Å². The minimum Gasteiger partial charge on any atom is -0.341 e. The van der Waals surface area contributed by atoms with Crippen LogP contribution in [0.1, 0.15) is 36.0 Å². The minimum absolute atomic E-state index is 0.0168. The number of fused-ring (bicyclic) bond motifs is 2. The monoisotopic (exact) mass is 274 g/mol. The maximum Gasteiger partial charge on any atom is 0.255 e. The van der Waals surface area contributed by atoms with Crippen LogP contribution < -0.4 is 11.3 Å². The molecule has 2 saturated carbocycles. The van der Waals surface area contributed by atoms with E-state index in [2.05, 4.69) is 10.4 Å². The summed E-state index contributed by atoms with van der Waals surface area (Å²) in [4.78, 5) is 18.3. The van der Waals surface area contributed by atoms with Gasteiger partial charge in [0.1, 0.15) is 0 Å². The summed E-state index contributed by atoms with van der Waals surface area (Å²) in [6.45, 7) is 0.854. The highest BCUT2D eigenvalue weighted by Crippen LogP contribution is 2.48. The normalized spacial score (nSPS) is 27.6. The number of nitrogens with two attached hydrogens (primary N) is 1. The van der Waals surface area contributed by atoms with Gasteiger partial charge in [0, 0.05) is 19.8 Å². The van der Waals surface area contributed by atoms with Crippen molar-refractivity contribution in [3.8, 4) is 0 Å². The molecule has 1 heterocycles. The van der Waals surface area contributed by atoms with E-state index in [1.54, 1.807) is 18.5 Å². The highest BCUT2D eigenvalue weighted by molar-refractivity contribution is 5.99. The van der Waals surface area contributed by atoms with Crippen LogP contribution in [0.4, 0.5) is 5.69 Å². The second kappa shape index (κ2) is 5.40. The topological polar surface area (TPSA) is 71.2 Å². The lowest BCUT2D eigenvalue weighted by molar-refractivity contribution is 0.0755. The molecule has 3 atom stereocenters. The molecule has 1 aromatic heterocycles. The van der Waals surface area contributed by atoms with Crippen molar-refractivity contribution in [1.29, 1.82) is 0 Å². The fourth-order valence-electron chi connectivity index (χ4n) is 3.94. The van der Waals surface area contributed by atoms with E-state index in [0.717, 1.165) is 18.4 Å². The van der Waals surface area contributed by atoms with Crippen LogP contribution in [0, 0.1) is 17.8 Å². The molecule has 2 aliphatic rings. The molecule has 5 nitrogen and oxygen atoms in total. The van der Waals surface area contributed by atoms with E-state index in [1.165, 1.54) is 25.7 Å². The standard InChI is InChI=1S/C15H22N4O/c1-19(9-12-7-10-2-3-11(12)6-10)15(20)13-4-5-17-8-14(13)18-16/h4-5,8,10-12,18H,2-3,6-7,9,16H2,1H3. The summed E-state index contributed by atoms with van der Waals surface area (Å²) >= 11 is 0. The van der Waals surface area contributed by atoms with Crippen molar-refractivity contribution in [2.24, 2.45) is 23.6 Å². The molecule has 0 saturated heterocycles. The third-order valence-electron chi connectivity index (χ3n) is 4.95. The number of nitrogens with one attached hydrogen (secondary N) is 1. The Balaban J connectivity index is 1.67. The smallest absolute Gasteiger partial charge is 0.255 e. The van der Waals surface area contributed by atoms with E-state index < -0.39 is 0 Å². The summed E-state index contributed by atoms with van der Waals surface area (Å²) < 4.78 is 0. The van der Waals surface area contributed by atoms with Crippen molar-refractivity contribution < 1.29 is 4.79 Å². The van der Waals surface area contributed by atoms with Gasteiger partial charge in [0.15, 0.2) is 0 Å². The van der Waals surface area contributed by atoms with Crippen molar-refractivity contribution in [2.45, 2.75) is 25.7 Å². The summed E-state index contributed by atoms with van der Waals surface area (Å²) in [5.74, 6) is 7.88. The molecule has 3 unspecified atom stereocenters. The van der Waals surface area contributed by atoms with Crippen LogP contribution in [0.3, 0.4) is 0 Å². The molecule has 20 heavy (non-hydrogen) atoms. The number of anilines is 1. The van der Waals surface area contributed by atoms with Gasteiger partial charge in [0.2, 0.25) is 0 Å². The third-order valence-corrected chi connectivity index (χ3v) is 4.95. The van der Waals surface area contributed by atoms with Crippen LogP contribution >= 0.6 is 0 Å².